The van der Waals surface area contributed by atoms with Gasteiger partial charge in [0.2, 0.25) is 0 Å². The molecule has 0 unspecified atom stereocenters. The molecule has 1 amide bonds. The first-order valence-electron chi connectivity index (χ1n) is 9.78. The molecule has 1 aliphatic heterocycles. The van der Waals surface area contributed by atoms with Crippen molar-refractivity contribution >= 4 is 5.91 Å². The van der Waals surface area contributed by atoms with E-state index in [4.69, 9.17) is 14.2 Å². The number of amides is 1. The maximum Gasteiger partial charge on any atom is 0.254 e. The molecule has 2 atom stereocenters. The van der Waals surface area contributed by atoms with Crippen molar-refractivity contribution in [1.82, 2.24) is 9.80 Å². The van der Waals surface area contributed by atoms with Crippen LogP contribution >= 0.6 is 0 Å². The largest absolute Gasteiger partial charge is 0.389 e. The number of halogens is 1. The number of hydrogen-bond acceptors (Lipinski definition) is 6. The van der Waals surface area contributed by atoms with Crippen LogP contribution in [0.2, 0.25) is 0 Å². The van der Waals surface area contributed by atoms with E-state index >= 15 is 0 Å². The fourth-order valence-corrected chi connectivity index (χ4v) is 3.19. The van der Waals surface area contributed by atoms with Crippen molar-refractivity contribution in [3.8, 4) is 0 Å². The Kier molecular flexibility index (Phi) is 10.2. The van der Waals surface area contributed by atoms with E-state index in [1.807, 2.05) is 0 Å². The maximum atomic E-state index is 13.2. The second-order valence-corrected chi connectivity index (χ2v) is 6.98. The Morgan fingerprint density at radius 2 is 2.24 bits per heavy atom. The molecule has 1 aromatic carbocycles. The summed E-state index contributed by atoms with van der Waals surface area (Å²) in [6.45, 7) is 7.72. The molecule has 1 aromatic rings. The summed E-state index contributed by atoms with van der Waals surface area (Å²) in [7, 11) is 1.58. The molecule has 0 spiro atoms. The van der Waals surface area contributed by atoms with Crippen LogP contribution in [0, 0.1) is 5.82 Å². The highest BCUT2D eigenvalue weighted by molar-refractivity contribution is 5.94. The van der Waals surface area contributed by atoms with Crippen LogP contribution in [0.15, 0.2) is 36.9 Å². The van der Waals surface area contributed by atoms with Gasteiger partial charge in [0.25, 0.3) is 5.91 Å². The van der Waals surface area contributed by atoms with Gasteiger partial charge in [-0.25, -0.2) is 4.39 Å². The number of β-amino-alcohol motifs (C(OH)–C–C–N with tert-alkyl or cyclic N) is 1. The third-order valence-corrected chi connectivity index (χ3v) is 4.61. The average molecular weight is 410 g/mol. The number of ether oxygens (including phenoxy) is 3. The summed E-state index contributed by atoms with van der Waals surface area (Å²) >= 11 is 0. The average Bonchev–Trinajstić information content (AvgIpc) is 2.71. The van der Waals surface area contributed by atoms with Crippen LogP contribution < -0.4 is 0 Å². The first kappa shape index (κ1) is 23.4. The van der Waals surface area contributed by atoms with E-state index in [2.05, 4.69) is 11.5 Å². The molecule has 1 N–H and O–H groups in total. The first-order chi connectivity index (χ1) is 14.0. The molecular weight excluding hydrogens is 379 g/mol. The van der Waals surface area contributed by atoms with Gasteiger partial charge in [0.1, 0.15) is 5.82 Å². The third-order valence-electron chi connectivity index (χ3n) is 4.61. The number of nitrogens with zero attached hydrogens (tertiary/aromatic N) is 2. The Morgan fingerprint density at radius 3 is 2.93 bits per heavy atom. The standard InChI is InChI=1S/C21H31FN2O5/c1-3-10-28-16-19(25)13-23-8-12-29-20(14-23)15-24(9-11-27-2)21(26)17-4-6-18(22)7-5-17/h3-7,19-20,25H,1,8-16H2,2H3/t19-,20+/m0/s1. The van der Waals surface area contributed by atoms with Gasteiger partial charge in [-0.1, -0.05) is 6.08 Å². The Labute approximate surface area is 171 Å². The van der Waals surface area contributed by atoms with Crippen LogP contribution in [0.3, 0.4) is 0 Å². The van der Waals surface area contributed by atoms with E-state index in [0.29, 0.717) is 58.1 Å². The number of benzene rings is 1. The van der Waals surface area contributed by atoms with Crippen LogP contribution in [-0.2, 0) is 14.2 Å². The highest BCUT2D eigenvalue weighted by Gasteiger charge is 2.26. The van der Waals surface area contributed by atoms with Crippen molar-refractivity contribution in [1.29, 1.82) is 0 Å². The number of carbonyl (C=O) groups is 1. The molecule has 0 aromatic heterocycles. The molecule has 8 heteroatoms. The van der Waals surface area contributed by atoms with E-state index in [-0.39, 0.29) is 24.4 Å². The summed E-state index contributed by atoms with van der Waals surface area (Å²) in [6.07, 6.45) is 0.856. The topological polar surface area (TPSA) is 71.5 Å². The summed E-state index contributed by atoms with van der Waals surface area (Å²) < 4.78 is 29.4. The second-order valence-electron chi connectivity index (χ2n) is 6.98. The van der Waals surface area contributed by atoms with Gasteiger partial charge < -0.3 is 24.2 Å². The SMILES string of the molecule is C=CCOC[C@@H](O)CN1CCO[C@@H](CN(CCOC)C(=O)c2ccc(F)cc2)C1. The lowest BCUT2D eigenvalue weighted by molar-refractivity contribution is -0.0585. The normalized spacial score (nSPS) is 18.4. The van der Waals surface area contributed by atoms with E-state index in [1.165, 1.54) is 24.3 Å². The Hall–Kier alpha value is -1.84. The lowest BCUT2D eigenvalue weighted by atomic mass is 10.1. The molecule has 0 saturated carbocycles. The fraction of sp³-hybridized carbons (Fsp3) is 0.571. The lowest BCUT2D eigenvalue weighted by Gasteiger charge is -2.36. The van der Waals surface area contributed by atoms with Gasteiger partial charge in [-0.2, -0.15) is 0 Å². The van der Waals surface area contributed by atoms with Crippen molar-refractivity contribution < 1.29 is 28.5 Å². The van der Waals surface area contributed by atoms with E-state index < -0.39 is 6.10 Å². The molecule has 7 nitrogen and oxygen atoms in total. The number of aliphatic hydroxyl groups excluding tert-OH is 1. The zero-order valence-corrected chi connectivity index (χ0v) is 17.0. The lowest BCUT2D eigenvalue weighted by Crippen LogP contribution is -2.51. The summed E-state index contributed by atoms with van der Waals surface area (Å²) in [5, 5.41) is 10.1. The second kappa shape index (κ2) is 12.7. The van der Waals surface area contributed by atoms with Crippen LogP contribution in [0.4, 0.5) is 4.39 Å². The zero-order valence-electron chi connectivity index (χ0n) is 17.0. The van der Waals surface area contributed by atoms with Crippen molar-refractivity contribution in [2.45, 2.75) is 12.2 Å². The molecule has 1 saturated heterocycles. The van der Waals surface area contributed by atoms with Crippen LogP contribution in [0.5, 0.6) is 0 Å². The van der Waals surface area contributed by atoms with Crippen molar-refractivity contribution in [2.24, 2.45) is 0 Å². The molecule has 1 heterocycles. The number of carbonyl (C=O) groups excluding carboxylic acids is 1. The molecule has 2 rings (SSSR count). The van der Waals surface area contributed by atoms with Gasteiger partial charge in [0, 0.05) is 45.4 Å². The molecule has 162 valence electrons. The molecule has 1 aliphatic rings. The molecule has 0 bridgehead atoms. The number of aliphatic hydroxyl groups is 1. The first-order valence-corrected chi connectivity index (χ1v) is 9.78. The van der Waals surface area contributed by atoms with Crippen molar-refractivity contribution in [3.63, 3.8) is 0 Å². The van der Waals surface area contributed by atoms with E-state index in [1.54, 1.807) is 18.1 Å². The third kappa shape index (κ3) is 8.20. The summed E-state index contributed by atoms with van der Waals surface area (Å²) in [6, 6.07) is 5.50. The monoisotopic (exact) mass is 410 g/mol. The predicted molar refractivity (Wildman–Crippen MR) is 107 cm³/mol. The summed E-state index contributed by atoms with van der Waals surface area (Å²) in [5.74, 6) is -0.576. The fourth-order valence-electron chi connectivity index (χ4n) is 3.19. The minimum Gasteiger partial charge on any atom is -0.389 e. The number of methoxy groups -OCH3 is 1. The summed E-state index contributed by atoms with van der Waals surface area (Å²) in [4.78, 5) is 16.6. The molecule has 1 fully saturated rings. The predicted octanol–water partition coefficient (Wildman–Crippen LogP) is 1.18. The minimum absolute atomic E-state index is 0.189. The van der Waals surface area contributed by atoms with E-state index in [0.717, 1.165) is 0 Å². The maximum absolute atomic E-state index is 13.2. The van der Waals surface area contributed by atoms with Crippen LogP contribution in [0.25, 0.3) is 0 Å². The molecule has 0 aliphatic carbocycles. The van der Waals surface area contributed by atoms with Crippen LogP contribution in [0.1, 0.15) is 10.4 Å². The number of rotatable bonds is 12. The smallest absolute Gasteiger partial charge is 0.254 e. The Balaban J connectivity index is 1.92. The van der Waals surface area contributed by atoms with Crippen LogP contribution in [-0.4, -0.2) is 99.3 Å². The molecule has 0 radical (unpaired) electrons. The highest BCUT2D eigenvalue weighted by Crippen LogP contribution is 2.12. The minimum atomic E-state index is -0.598. The van der Waals surface area contributed by atoms with Gasteiger partial charge in [-0.05, 0) is 24.3 Å². The summed E-state index contributed by atoms with van der Waals surface area (Å²) in [5.41, 5.74) is 0.421. The molecule has 29 heavy (non-hydrogen) atoms. The Morgan fingerprint density at radius 1 is 1.48 bits per heavy atom. The van der Waals surface area contributed by atoms with Gasteiger partial charge in [0.15, 0.2) is 0 Å². The van der Waals surface area contributed by atoms with Gasteiger partial charge in [-0.15, -0.1) is 6.58 Å². The van der Waals surface area contributed by atoms with Crippen molar-refractivity contribution in [2.75, 3.05) is 66.3 Å². The van der Waals surface area contributed by atoms with Gasteiger partial charge in [0.05, 0.1) is 38.6 Å². The zero-order chi connectivity index (χ0) is 21.1. The quantitative estimate of drug-likeness (QED) is 0.412. The van der Waals surface area contributed by atoms with Gasteiger partial charge >= 0.3 is 0 Å². The number of hydrogen-bond donors (Lipinski definition) is 1. The Bertz CT molecular complexity index is 628. The highest BCUT2D eigenvalue weighted by atomic mass is 19.1. The van der Waals surface area contributed by atoms with Gasteiger partial charge in [-0.3, -0.25) is 9.69 Å². The molecular formula is C21H31FN2O5. The number of morpholine rings is 1. The van der Waals surface area contributed by atoms with Crippen molar-refractivity contribution in [3.05, 3.63) is 48.3 Å². The van der Waals surface area contributed by atoms with E-state index in [9.17, 15) is 14.3 Å².